The fourth-order valence-electron chi connectivity index (χ4n) is 3.05. The highest BCUT2D eigenvalue weighted by molar-refractivity contribution is 9.10. The van der Waals surface area contributed by atoms with Crippen molar-refractivity contribution in [2.45, 2.75) is 0 Å². The molecule has 2 fully saturated rings. The van der Waals surface area contributed by atoms with Gasteiger partial charge in [-0.15, -0.1) is 0 Å². The molecule has 0 radical (unpaired) electrons. The molecule has 3 rings (SSSR count). The van der Waals surface area contributed by atoms with Gasteiger partial charge in [0.15, 0.2) is 0 Å². The first-order valence-corrected chi connectivity index (χ1v) is 11.3. The lowest BCUT2D eigenvalue weighted by molar-refractivity contribution is 0.0398. The smallest absolute Gasteiger partial charge is 0.224 e. The van der Waals surface area contributed by atoms with E-state index < -0.39 is 10.0 Å². The van der Waals surface area contributed by atoms with Gasteiger partial charge in [0, 0.05) is 58.6 Å². The van der Waals surface area contributed by atoms with E-state index in [1.54, 1.807) is 6.20 Å². The van der Waals surface area contributed by atoms with Gasteiger partial charge in [0.25, 0.3) is 0 Å². The Balaban J connectivity index is 1.56. The van der Waals surface area contributed by atoms with Crippen molar-refractivity contribution >= 4 is 37.7 Å². The Morgan fingerprint density at radius 3 is 2.54 bits per heavy atom. The van der Waals surface area contributed by atoms with Gasteiger partial charge < -0.3 is 15.0 Å². The molecule has 1 aromatic heterocycles. The third-order valence-electron chi connectivity index (χ3n) is 4.55. The van der Waals surface area contributed by atoms with Crippen molar-refractivity contribution < 1.29 is 13.2 Å². The van der Waals surface area contributed by atoms with Crippen LogP contribution in [0.1, 0.15) is 0 Å². The second kappa shape index (κ2) is 8.79. The third-order valence-corrected chi connectivity index (χ3v) is 6.41. The Bertz CT molecular complexity index is 705. The average Bonchev–Trinajstić information content (AvgIpc) is 2.63. The lowest BCUT2D eigenvalue weighted by atomic mass is 10.3. The van der Waals surface area contributed by atoms with Gasteiger partial charge in [-0.25, -0.2) is 13.4 Å². The molecule has 0 aliphatic carbocycles. The maximum Gasteiger partial charge on any atom is 0.224 e. The van der Waals surface area contributed by atoms with Gasteiger partial charge in [-0.2, -0.15) is 9.29 Å². The molecule has 2 saturated heterocycles. The molecule has 26 heavy (non-hydrogen) atoms. The Kier molecular flexibility index (Phi) is 6.67. The lowest BCUT2D eigenvalue weighted by Gasteiger charge is -2.34. The Labute approximate surface area is 162 Å². The van der Waals surface area contributed by atoms with E-state index >= 15 is 0 Å². The average molecular weight is 449 g/mol. The zero-order chi connectivity index (χ0) is 18.6. The van der Waals surface area contributed by atoms with Crippen LogP contribution >= 0.6 is 15.9 Å². The van der Waals surface area contributed by atoms with E-state index in [1.807, 2.05) is 0 Å². The maximum atomic E-state index is 11.6. The number of anilines is 2. The molecule has 0 aromatic carbocycles. The third kappa shape index (κ3) is 5.26. The minimum Gasteiger partial charge on any atom is -0.379 e. The first-order valence-electron chi connectivity index (χ1n) is 8.70. The van der Waals surface area contributed by atoms with Crippen molar-refractivity contribution in [2.24, 2.45) is 0 Å². The number of hydrogen-bond acceptors (Lipinski definition) is 8. The van der Waals surface area contributed by atoms with Crippen molar-refractivity contribution in [3.63, 3.8) is 0 Å². The molecule has 11 heteroatoms. The molecular formula is C15H25BrN6O3S. The summed E-state index contributed by atoms with van der Waals surface area (Å²) in [4.78, 5) is 13.4. The van der Waals surface area contributed by atoms with Gasteiger partial charge in [-0.3, -0.25) is 4.90 Å². The van der Waals surface area contributed by atoms with Gasteiger partial charge in [-0.1, -0.05) is 0 Å². The van der Waals surface area contributed by atoms with Gasteiger partial charge >= 0.3 is 0 Å². The SMILES string of the molecule is CS(=O)(=O)N1CCN(c2nc(NCCN3CCOCC3)ncc2Br)CC1. The van der Waals surface area contributed by atoms with Crippen LogP contribution in [0.2, 0.25) is 0 Å². The zero-order valence-corrected chi connectivity index (χ0v) is 17.3. The van der Waals surface area contributed by atoms with Crippen LogP contribution in [0.5, 0.6) is 0 Å². The summed E-state index contributed by atoms with van der Waals surface area (Å²) in [6.45, 7) is 7.33. The monoisotopic (exact) mass is 448 g/mol. The van der Waals surface area contributed by atoms with Crippen LogP contribution < -0.4 is 10.2 Å². The molecule has 9 nitrogen and oxygen atoms in total. The zero-order valence-electron chi connectivity index (χ0n) is 14.9. The Morgan fingerprint density at radius 1 is 1.19 bits per heavy atom. The van der Waals surface area contributed by atoms with Crippen LogP contribution in [0.3, 0.4) is 0 Å². The largest absolute Gasteiger partial charge is 0.379 e. The second-order valence-electron chi connectivity index (χ2n) is 6.40. The number of sulfonamides is 1. The normalized spacial score (nSPS) is 20.3. The molecule has 0 atom stereocenters. The summed E-state index contributed by atoms with van der Waals surface area (Å²) in [6.07, 6.45) is 2.99. The van der Waals surface area contributed by atoms with E-state index in [1.165, 1.54) is 10.6 Å². The van der Waals surface area contributed by atoms with Gasteiger partial charge in [0.1, 0.15) is 5.82 Å². The topological polar surface area (TPSA) is 90.9 Å². The minimum absolute atomic E-state index is 0.467. The molecule has 1 N–H and O–H groups in total. The predicted octanol–water partition coefficient (Wildman–Crippen LogP) is 0.0648. The van der Waals surface area contributed by atoms with Crippen LogP contribution in [0.4, 0.5) is 11.8 Å². The number of halogens is 1. The first kappa shape index (κ1) is 19.7. The van der Waals surface area contributed by atoms with E-state index in [0.29, 0.717) is 32.1 Å². The van der Waals surface area contributed by atoms with Crippen LogP contribution in [-0.4, -0.2) is 99.4 Å². The summed E-state index contributed by atoms with van der Waals surface area (Å²) in [5, 5.41) is 3.27. The van der Waals surface area contributed by atoms with Gasteiger partial charge in [-0.05, 0) is 15.9 Å². The number of aromatic nitrogens is 2. The van der Waals surface area contributed by atoms with E-state index in [2.05, 4.69) is 41.0 Å². The molecule has 0 amide bonds. The number of hydrogen-bond donors (Lipinski definition) is 1. The van der Waals surface area contributed by atoms with E-state index in [9.17, 15) is 8.42 Å². The first-order chi connectivity index (χ1) is 12.4. The van der Waals surface area contributed by atoms with Crippen molar-refractivity contribution in [1.82, 2.24) is 19.2 Å². The van der Waals surface area contributed by atoms with E-state index in [4.69, 9.17) is 4.74 Å². The molecule has 1 aromatic rings. The fraction of sp³-hybridized carbons (Fsp3) is 0.733. The highest BCUT2D eigenvalue weighted by Crippen LogP contribution is 2.25. The van der Waals surface area contributed by atoms with E-state index in [-0.39, 0.29) is 0 Å². The summed E-state index contributed by atoms with van der Waals surface area (Å²) < 4.78 is 31.0. The number of morpholine rings is 1. The van der Waals surface area contributed by atoms with Crippen LogP contribution in [0.25, 0.3) is 0 Å². The molecule has 0 bridgehead atoms. The number of piperazine rings is 1. The molecule has 0 saturated carbocycles. The second-order valence-corrected chi connectivity index (χ2v) is 9.23. The number of ether oxygens (including phenoxy) is 1. The summed E-state index contributed by atoms with van der Waals surface area (Å²) in [7, 11) is -3.14. The van der Waals surface area contributed by atoms with E-state index in [0.717, 1.165) is 49.7 Å². The quantitative estimate of drug-likeness (QED) is 0.653. The standard InChI is InChI=1S/C15H25BrN6O3S/c1-26(23,24)22-6-4-21(5-7-22)14-13(16)12-18-15(19-14)17-2-3-20-8-10-25-11-9-20/h12H,2-11H2,1H3,(H,17,18,19). The highest BCUT2D eigenvalue weighted by atomic mass is 79.9. The van der Waals surface area contributed by atoms with Crippen molar-refractivity contribution in [2.75, 3.05) is 82.0 Å². The molecule has 3 heterocycles. The van der Waals surface area contributed by atoms with Gasteiger partial charge in [0.2, 0.25) is 16.0 Å². The summed E-state index contributed by atoms with van der Waals surface area (Å²) in [5.74, 6) is 1.38. The molecule has 0 unspecified atom stereocenters. The Morgan fingerprint density at radius 2 is 1.88 bits per heavy atom. The maximum absolute atomic E-state index is 11.6. The summed E-state index contributed by atoms with van der Waals surface area (Å²) >= 11 is 3.50. The molecule has 2 aliphatic rings. The van der Waals surface area contributed by atoms with Gasteiger partial charge in [0.05, 0.1) is 23.9 Å². The molecule has 0 spiro atoms. The number of nitrogens with zero attached hydrogens (tertiary/aromatic N) is 5. The minimum atomic E-state index is -3.14. The lowest BCUT2D eigenvalue weighted by Crippen LogP contribution is -2.48. The van der Waals surface area contributed by atoms with Crippen LogP contribution in [-0.2, 0) is 14.8 Å². The Hall–Kier alpha value is -1.01. The van der Waals surface area contributed by atoms with Crippen LogP contribution in [0.15, 0.2) is 10.7 Å². The van der Waals surface area contributed by atoms with Crippen molar-refractivity contribution in [1.29, 1.82) is 0 Å². The van der Waals surface area contributed by atoms with Crippen LogP contribution in [0, 0.1) is 0 Å². The predicted molar refractivity (Wildman–Crippen MR) is 104 cm³/mol. The molecule has 146 valence electrons. The summed E-state index contributed by atoms with van der Waals surface area (Å²) in [5.41, 5.74) is 0. The van der Waals surface area contributed by atoms with Crippen molar-refractivity contribution in [3.05, 3.63) is 10.7 Å². The molecular weight excluding hydrogens is 424 g/mol. The number of rotatable bonds is 6. The van der Waals surface area contributed by atoms with Crippen molar-refractivity contribution in [3.8, 4) is 0 Å². The molecule has 2 aliphatic heterocycles. The number of nitrogens with one attached hydrogen (secondary N) is 1. The fourth-order valence-corrected chi connectivity index (χ4v) is 4.32. The highest BCUT2D eigenvalue weighted by Gasteiger charge is 2.25. The summed E-state index contributed by atoms with van der Waals surface area (Å²) in [6, 6.07) is 0.